The molecule has 1 atom stereocenters. The minimum Gasteiger partial charge on any atom is -0.488 e. The summed E-state index contributed by atoms with van der Waals surface area (Å²) in [5, 5.41) is 0.852. The monoisotopic (exact) mass is 473 g/mol. The van der Waals surface area contributed by atoms with E-state index >= 15 is 0 Å². The van der Waals surface area contributed by atoms with Crippen molar-refractivity contribution in [2.75, 3.05) is 0 Å². The molecule has 1 aliphatic heterocycles. The second-order valence-corrected chi connectivity index (χ2v) is 9.28. The topological polar surface area (TPSA) is 71.9 Å². The van der Waals surface area contributed by atoms with Gasteiger partial charge in [-0.2, -0.15) is 0 Å². The van der Waals surface area contributed by atoms with E-state index in [0.29, 0.717) is 37.3 Å². The third kappa shape index (κ3) is 4.99. The highest BCUT2D eigenvalue weighted by Crippen LogP contribution is 2.34. The summed E-state index contributed by atoms with van der Waals surface area (Å²) >= 11 is 1.55. The molecule has 0 saturated carbocycles. The van der Waals surface area contributed by atoms with Crippen molar-refractivity contribution in [2.24, 2.45) is 4.99 Å². The number of ether oxygens (including phenoxy) is 1. The van der Waals surface area contributed by atoms with Crippen LogP contribution in [0.5, 0.6) is 5.75 Å². The molecule has 4 rings (SSSR count). The number of hydrogen-bond donors (Lipinski definition) is 0. The zero-order valence-corrected chi connectivity index (χ0v) is 20.2. The lowest BCUT2D eigenvalue weighted by molar-refractivity contribution is -0.108. The third-order valence-electron chi connectivity index (χ3n) is 5.84. The number of para-hydroxylation sites is 1. The molecule has 0 radical (unpaired) electrons. The van der Waals surface area contributed by atoms with E-state index in [1.807, 2.05) is 62.5 Å². The van der Waals surface area contributed by atoms with Crippen molar-refractivity contribution >= 4 is 34.9 Å². The molecule has 1 aromatic heterocycles. The number of carbonyl (C=O) groups is 2. The predicted octanol–water partition coefficient (Wildman–Crippen LogP) is 5.66. The van der Waals surface area contributed by atoms with E-state index in [0.717, 1.165) is 38.7 Å². The van der Waals surface area contributed by atoms with Gasteiger partial charge in [0.15, 0.2) is 0 Å². The van der Waals surface area contributed by atoms with Crippen LogP contribution in [-0.2, 0) is 17.9 Å². The second kappa shape index (κ2) is 10.6. The summed E-state index contributed by atoms with van der Waals surface area (Å²) in [4.78, 5) is 35.7. The number of nitrogens with zero attached hydrogens (tertiary/aromatic N) is 3. The lowest BCUT2D eigenvalue weighted by atomic mass is 10.1. The van der Waals surface area contributed by atoms with Gasteiger partial charge in [0.2, 0.25) is 0 Å². The maximum Gasteiger partial charge on any atom is 0.255 e. The van der Waals surface area contributed by atoms with E-state index < -0.39 is 0 Å². The maximum atomic E-state index is 13.0. The summed E-state index contributed by atoms with van der Waals surface area (Å²) in [5.74, 6) is 0.631. The van der Waals surface area contributed by atoms with Crippen molar-refractivity contribution in [1.29, 1.82) is 0 Å². The molecule has 0 saturated heterocycles. The van der Waals surface area contributed by atoms with Gasteiger partial charge in [-0.1, -0.05) is 30.3 Å². The van der Waals surface area contributed by atoms with Gasteiger partial charge in [0.25, 0.3) is 5.91 Å². The number of thiazole rings is 1. The van der Waals surface area contributed by atoms with Crippen LogP contribution in [0.2, 0.25) is 0 Å². The van der Waals surface area contributed by atoms with Crippen molar-refractivity contribution in [3.63, 3.8) is 0 Å². The highest BCUT2D eigenvalue weighted by molar-refractivity contribution is 7.13. The number of amides is 1. The summed E-state index contributed by atoms with van der Waals surface area (Å²) < 4.78 is 6.13. The Bertz CT molecular complexity index is 1250. The van der Waals surface area contributed by atoms with Gasteiger partial charge < -0.3 is 14.4 Å². The van der Waals surface area contributed by atoms with Crippen LogP contribution in [0.4, 0.5) is 5.69 Å². The number of rotatable bonds is 10. The molecule has 1 amide bonds. The van der Waals surface area contributed by atoms with Crippen molar-refractivity contribution in [1.82, 2.24) is 9.88 Å². The maximum absolute atomic E-state index is 13.0. The van der Waals surface area contributed by atoms with Gasteiger partial charge >= 0.3 is 0 Å². The van der Waals surface area contributed by atoms with Gasteiger partial charge in [-0.25, -0.2) is 4.98 Å². The smallest absolute Gasteiger partial charge is 0.255 e. The van der Waals surface area contributed by atoms with E-state index in [2.05, 4.69) is 11.6 Å². The molecule has 3 aromatic rings. The number of aliphatic imine (C=N–C) groups is 1. The fraction of sp³-hybridized carbons (Fsp3) is 0.259. The van der Waals surface area contributed by atoms with Crippen molar-refractivity contribution in [3.05, 3.63) is 87.9 Å². The third-order valence-corrected chi connectivity index (χ3v) is 6.92. The summed E-state index contributed by atoms with van der Waals surface area (Å²) in [6.07, 6.45) is 5.37. The number of hydrogen-bond acceptors (Lipinski definition) is 6. The minimum absolute atomic E-state index is 0.0561. The van der Waals surface area contributed by atoms with Gasteiger partial charge in [0.1, 0.15) is 23.7 Å². The van der Waals surface area contributed by atoms with Crippen LogP contribution in [0.15, 0.2) is 66.3 Å². The van der Waals surface area contributed by atoms with E-state index in [1.165, 1.54) is 0 Å². The molecule has 0 N–H and O–H groups in total. The highest BCUT2D eigenvalue weighted by Gasteiger charge is 2.33. The summed E-state index contributed by atoms with van der Waals surface area (Å²) in [7, 11) is 0. The van der Waals surface area contributed by atoms with Crippen LogP contribution in [0.25, 0.3) is 0 Å². The van der Waals surface area contributed by atoms with E-state index in [9.17, 15) is 9.59 Å². The SMILES string of the molecule is C=CC(CCC=O)N1Cc2c(OCc3cnc(C(C)=Nc4ccccc4C)s3)cccc2C1=O. The molecule has 0 spiro atoms. The molecule has 34 heavy (non-hydrogen) atoms. The molecule has 0 bridgehead atoms. The van der Waals surface area contributed by atoms with E-state index in [-0.39, 0.29) is 11.9 Å². The number of fused-ring (bicyclic) bond motifs is 1. The minimum atomic E-state index is -0.183. The number of aryl methyl sites for hydroxylation is 1. The molecule has 1 aliphatic rings. The van der Waals surface area contributed by atoms with Crippen LogP contribution in [0.1, 0.15) is 51.1 Å². The van der Waals surface area contributed by atoms with Gasteiger partial charge in [0, 0.05) is 23.7 Å². The number of aromatic nitrogens is 1. The van der Waals surface area contributed by atoms with Gasteiger partial charge in [0.05, 0.1) is 28.9 Å². The van der Waals surface area contributed by atoms with Crippen LogP contribution in [-0.4, -0.2) is 33.8 Å². The van der Waals surface area contributed by atoms with Gasteiger partial charge in [-0.05, 0) is 44.0 Å². The van der Waals surface area contributed by atoms with E-state index in [4.69, 9.17) is 9.73 Å². The normalized spacial score (nSPS) is 14.1. The molecule has 2 heterocycles. The lowest BCUT2D eigenvalue weighted by Crippen LogP contribution is -2.34. The van der Waals surface area contributed by atoms with Crippen molar-refractivity contribution < 1.29 is 14.3 Å². The van der Waals surface area contributed by atoms with Crippen LogP contribution in [0, 0.1) is 6.92 Å². The van der Waals surface area contributed by atoms with E-state index in [1.54, 1.807) is 22.3 Å². The number of carbonyl (C=O) groups excluding carboxylic acids is 2. The zero-order valence-electron chi connectivity index (χ0n) is 19.4. The standard InChI is InChI=1S/C27H27N3O3S/c1-4-20(10-8-14-31)30-16-23-22(27(30)32)11-7-13-25(23)33-17-21-15-28-26(34-21)19(3)29-24-12-6-5-9-18(24)2/h4-7,9,11-15,20H,1,8,10,16-17H2,2-3H3. The number of benzene rings is 2. The molecule has 7 heteroatoms. The van der Waals surface area contributed by atoms with Crippen LogP contribution >= 0.6 is 11.3 Å². The quantitative estimate of drug-likeness (QED) is 0.216. The predicted molar refractivity (Wildman–Crippen MR) is 135 cm³/mol. The number of aldehydes is 1. The first kappa shape index (κ1) is 23.6. The van der Waals surface area contributed by atoms with Crippen molar-refractivity contribution in [3.8, 4) is 5.75 Å². The average molecular weight is 474 g/mol. The molecule has 0 aliphatic carbocycles. The molecular formula is C27H27N3O3S. The Labute approximate surface area is 203 Å². The lowest BCUT2D eigenvalue weighted by Gasteiger charge is -2.24. The Morgan fingerprint density at radius 2 is 2.12 bits per heavy atom. The molecule has 2 aromatic carbocycles. The fourth-order valence-electron chi connectivity index (χ4n) is 3.98. The van der Waals surface area contributed by atoms with Crippen molar-refractivity contribution in [2.45, 2.75) is 45.9 Å². The Morgan fingerprint density at radius 3 is 2.88 bits per heavy atom. The highest BCUT2D eigenvalue weighted by atomic mass is 32.1. The van der Waals surface area contributed by atoms with Gasteiger partial charge in [-0.3, -0.25) is 9.79 Å². The first-order valence-corrected chi connectivity index (χ1v) is 12.0. The summed E-state index contributed by atoms with van der Waals surface area (Å²) in [5.41, 5.74) is 4.42. The zero-order chi connectivity index (χ0) is 24.1. The fourth-order valence-corrected chi connectivity index (χ4v) is 4.75. The molecule has 6 nitrogen and oxygen atoms in total. The first-order valence-electron chi connectivity index (χ1n) is 11.2. The molecule has 1 unspecified atom stereocenters. The van der Waals surface area contributed by atoms with Gasteiger partial charge in [-0.15, -0.1) is 17.9 Å². The Balaban J connectivity index is 1.46. The molecule has 174 valence electrons. The van der Waals surface area contributed by atoms with Crippen LogP contribution in [0.3, 0.4) is 0 Å². The Kier molecular flexibility index (Phi) is 7.33. The summed E-state index contributed by atoms with van der Waals surface area (Å²) in [6, 6.07) is 13.4. The molecular weight excluding hydrogens is 446 g/mol. The molecule has 0 fully saturated rings. The second-order valence-electron chi connectivity index (χ2n) is 8.17. The first-order chi connectivity index (χ1) is 16.5. The average Bonchev–Trinajstić information content (AvgIpc) is 3.45. The Hall–Kier alpha value is -3.58. The Morgan fingerprint density at radius 1 is 1.29 bits per heavy atom. The van der Waals surface area contributed by atoms with Crippen LogP contribution < -0.4 is 4.74 Å². The summed E-state index contributed by atoms with van der Waals surface area (Å²) in [6.45, 7) is 8.64. The largest absolute Gasteiger partial charge is 0.488 e.